The van der Waals surface area contributed by atoms with Crippen molar-refractivity contribution in [2.75, 3.05) is 32.8 Å². The predicted octanol–water partition coefficient (Wildman–Crippen LogP) is 4.47. The molecule has 0 saturated carbocycles. The number of aliphatic hydroxyl groups is 1. The van der Waals surface area contributed by atoms with E-state index in [1.165, 1.54) is 12.2 Å². The first-order valence-corrected chi connectivity index (χ1v) is 12.8. The molecule has 3 aromatic rings. The van der Waals surface area contributed by atoms with Gasteiger partial charge in [-0.3, -0.25) is 9.69 Å². The highest BCUT2D eigenvalue weighted by Crippen LogP contribution is 2.32. The molecule has 2 N–H and O–H groups in total. The molecule has 2 fully saturated rings. The minimum Gasteiger partial charge on any atom is -0.395 e. The Balaban J connectivity index is 1.13. The summed E-state index contributed by atoms with van der Waals surface area (Å²) in [7, 11) is 0. The number of benzene rings is 2. The maximum Gasteiger partial charge on any atom is 0.246 e. The molecule has 1 amide bonds. The highest BCUT2D eigenvalue weighted by molar-refractivity contribution is 5.91. The van der Waals surface area contributed by atoms with Crippen LogP contribution in [0.1, 0.15) is 43.0 Å². The number of carbonyl (C=O) groups is 1. The molecule has 0 radical (unpaired) electrons. The Morgan fingerprint density at radius 2 is 1.73 bits per heavy atom. The zero-order valence-corrected chi connectivity index (χ0v) is 20.5. The average molecular weight is 513 g/mol. The topological polar surface area (TPSA) is 72.5 Å². The molecule has 0 aliphatic carbocycles. The fourth-order valence-corrected chi connectivity index (χ4v) is 5.68. The molecule has 0 bridgehead atoms. The standard InChI is InChI=1S/C28H31F3N4O2/c29-21-15-18(16-22(30)27(21)31)5-6-26(37)35-13-7-19(8-14-35)25(17-36)34-11-9-20(10-12-34)28-32-23-3-1-2-4-24(23)33-28/h1-6,15-16,19-20,25,36H,7-14,17H2,(H,32,33)/b6-5+. The number of aromatic amines is 1. The van der Waals surface area contributed by atoms with Gasteiger partial charge in [0.25, 0.3) is 0 Å². The van der Waals surface area contributed by atoms with Gasteiger partial charge in [0.1, 0.15) is 5.82 Å². The van der Waals surface area contributed by atoms with Crippen molar-refractivity contribution in [2.24, 2.45) is 5.92 Å². The van der Waals surface area contributed by atoms with Crippen LogP contribution in [0.2, 0.25) is 0 Å². The Labute approximate surface area is 213 Å². The maximum atomic E-state index is 13.4. The molecule has 1 atom stereocenters. The number of rotatable bonds is 6. The second kappa shape index (κ2) is 11.1. The maximum absolute atomic E-state index is 13.4. The zero-order chi connectivity index (χ0) is 25.9. The van der Waals surface area contributed by atoms with Crippen LogP contribution in [0, 0.1) is 23.4 Å². The van der Waals surface area contributed by atoms with Crippen molar-refractivity contribution in [1.29, 1.82) is 0 Å². The lowest BCUT2D eigenvalue weighted by Crippen LogP contribution is -2.50. The van der Waals surface area contributed by atoms with Crippen molar-refractivity contribution in [3.63, 3.8) is 0 Å². The van der Waals surface area contributed by atoms with Gasteiger partial charge in [-0.1, -0.05) is 12.1 Å². The van der Waals surface area contributed by atoms with Crippen LogP contribution < -0.4 is 0 Å². The van der Waals surface area contributed by atoms with Crippen molar-refractivity contribution in [3.05, 3.63) is 71.3 Å². The third-order valence-corrected chi connectivity index (χ3v) is 7.80. The van der Waals surface area contributed by atoms with Gasteiger partial charge in [-0.25, -0.2) is 18.2 Å². The molecule has 6 nitrogen and oxygen atoms in total. The molecule has 9 heteroatoms. The highest BCUT2D eigenvalue weighted by atomic mass is 19.2. The second-order valence-electron chi connectivity index (χ2n) is 9.99. The lowest BCUT2D eigenvalue weighted by atomic mass is 9.86. The Morgan fingerprint density at radius 1 is 1.05 bits per heavy atom. The van der Waals surface area contributed by atoms with E-state index in [1.54, 1.807) is 4.90 Å². The normalized spacial score (nSPS) is 19.2. The number of aliphatic hydroxyl groups excluding tert-OH is 1. The van der Waals surface area contributed by atoms with Crippen molar-refractivity contribution < 1.29 is 23.1 Å². The summed E-state index contributed by atoms with van der Waals surface area (Å²) in [6.45, 7) is 2.95. The number of nitrogens with zero attached hydrogens (tertiary/aromatic N) is 3. The number of H-pyrrole nitrogens is 1. The van der Waals surface area contributed by atoms with E-state index in [2.05, 4.69) is 9.88 Å². The molecular formula is C28H31F3N4O2. The average Bonchev–Trinajstić information content (AvgIpc) is 3.36. The van der Waals surface area contributed by atoms with E-state index >= 15 is 0 Å². The van der Waals surface area contributed by atoms with E-state index in [1.807, 2.05) is 24.3 Å². The van der Waals surface area contributed by atoms with Gasteiger partial charge < -0.3 is 15.0 Å². The van der Waals surface area contributed by atoms with Gasteiger partial charge in [-0.15, -0.1) is 0 Å². The summed E-state index contributed by atoms with van der Waals surface area (Å²) in [6.07, 6.45) is 6.05. The SMILES string of the molecule is O=C(/C=C/c1cc(F)c(F)c(F)c1)N1CCC(C(CO)N2CCC(c3nc4ccccc4[nH]3)CC2)CC1. The van der Waals surface area contributed by atoms with E-state index in [4.69, 9.17) is 4.98 Å². The second-order valence-corrected chi connectivity index (χ2v) is 9.99. The van der Waals surface area contributed by atoms with Crippen LogP contribution in [-0.2, 0) is 4.79 Å². The highest BCUT2D eigenvalue weighted by Gasteiger charge is 2.34. The van der Waals surface area contributed by atoms with E-state index in [0.717, 1.165) is 67.8 Å². The molecule has 2 saturated heterocycles. The van der Waals surface area contributed by atoms with Crippen LogP contribution in [-0.4, -0.2) is 69.6 Å². The molecule has 0 spiro atoms. The summed E-state index contributed by atoms with van der Waals surface area (Å²) in [5, 5.41) is 10.2. The lowest BCUT2D eigenvalue weighted by molar-refractivity contribution is -0.127. The number of piperidine rings is 2. The van der Waals surface area contributed by atoms with Gasteiger partial charge in [0, 0.05) is 31.1 Å². The Bertz CT molecular complexity index is 1220. The largest absolute Gasteiger partial charge is 0.395 e. The Hall–Kier alpha value is -3.17. The van der Waals surface area contributed by atoms with Crippen LogP contribution in [0.25, 0.3) is 17.1 Å². The molecule has 3 heterocycles. The number of fused-ring (bicyclic) bond motifs is 1. The first-order valence-electron chi connectivity index (χ1n) is 12.8. The number of nitrogens with one attached hydrogen (secondary N) is 1. The number of likely N-dealkylation sites (tertiary alicyclic amines) is 2. The molecule has 1 unspecified atom stereocenters. The number of hydrogen-bond donors (Lipinski definition) is 2. The van der Waals surface area contributed by atoms with E-state index in [9.17, 15) is 23.1 Å². The van der Waals surface area contributed by atoms with Gasteiger partial charge in [0.05, 0.1) is 17.6 Å². The first-order chi connectivity index (χ1) is 17.9. The fraction of sp³-hybridized carbons (Fsp3) is 0.429. The summed E-state index contributed by atoms with van der Waals surface area (Å²) in [6, 6.07) is 9.82. The van der Waals surface area contributed by atoms with Gasteiger partial charge in [0.15, 0.2) is 17.5 Å². The number of amides is 1. The summed E-state index contributed by atoms with van der Waals surface area (Å²) >= 11 is 0. The molecule has 1 aromatic heterocycles. The molecule has 2 aliphatic heterocycles. The summed E-state index contributed by atoms with van der Waals surface area (Å²) < 4.78 is 39.9. The van der Waals surface area contributed by atoms with Crippen molar-refractivity contribution in [2.45, 2.75) is 37.6 Å². The molecule has 2 aromatic carbocycles. The van der Waals surface area contributed by atoms with Crippen LogP contribution >= 0.6 is 0 Å². The molecule has 2 aliphatic rings. The summed E-state index contributed by atoms with van der Waals surface area (Å²) in [5.41, 5.74) is 2.13. The predicted molar refractivity (Wildman–Crippen MR) is 135 cm³/mol. The minimum absolute atomic E-state index is 0.0505. The Morgan fingerprint density at radius 3 is 2.38 bits per heavy atom. The summed E-state index contributed by atoms with van der Waals surface area (Å²) in [5.74, 6) is -2.67. The minimum atomic E-state index is -1.53. The van der Waals surface area contributed by atoms with Gasteiger partial charge in [0.2, 0.25) is 5.91 Å². The van der Waals surface area contributed by atoms with E-state index in [-0.39, 0.29) is 30.0 Å². The van der Waals surface area contributed by atoms with Crippen LogP contribution in [0.3, 0.4) is 0 Å². The molecule has 196 valence electrons. The number of imidazole rings is 1. The van der Waals surface area contributed by atoms with Crippen molar-refractivity contribution in [1.82, 2.24) is 19.8 Å². The number of carbonyl (C=O) groups excluding carboxylic acids is 1. The van der Waals surface area contributed by atoms with Crippen LogP contribution in [0.4, 0.5) is 13.2 Å². The van der Waals surface area contributed by atoms with Crippen LogP contribution in [0.5, 0.6) is 0 Å². The number of para-hydroxylation sites is 2. The number of halogens is 3. The first kappa shape index (κ1) is 25.5. The Kier molecular flexibility index (Phi) is 7.62. The van der Waals surface area contributed by atoms with E-state index in [0.29, 0.717) is 19.0 Å². The smallest absolute Gasteiger partial charge is 0.246 e. The lowest BCUT2D eigenvalue weighted by Gasteiger charge is -2.43. The number of hydrogen-bond acceptors (Lipinski definition) is 4. The van der Waals surface area contributed by atoms with Crippen molar-refractivity contribution in [3.8, 4) is 0 Å². The third-order valence-electron chi connectivity index (χ3n) is 7.80. The van der Waals surface area contributed by atoms with Gasteiger partial charge in [-0.2, -0.15) is 0 Å². The monoisotopic (exact) mass is 512 g/mol. The van der Waals surface area contributed by atoms with Gasteiger partial charge >= 0.3 is 0 Å². The van der Waals surface area contributed by atoms with Crippen molar-refractivity contribution >= 4 is 23.0 Å². The van der Waals surface area contributed by atoms with Gasteiger partial charge in [-0.05, 0) is 80.6 Å². The quantitative estimate of drug-likeness (QED) is 0.378. The third kappa shape index (κ3) is 5.57. The zero-order valence-electron chi connectivity index (χ0n) is 20.5. The summed E-state index contributed by atoms with van der Waals surface area (Å²) in [4.78, 5) is 24.9. The molecule has 37 heavy (non-hydrogen) atoms. The van der Waals surface area contributed by atoms with E-state index < -0.39 is 17.5 Å². The molecular weight excluding hydrogens is 481 g/mol. The number of aromatic nitrogens is 2. The van der Waals surface area contributed by atoms with Crippen LogP contribution in [0.15, 0.2) is 42.5 Å². The molecule has 5 rings (SSSR count). The fourth-order valence-electron chi connectivity index (χ4n) is 5.68.